The van der Waals surface area contributed by atoms with E-state index in [1.54, 1.807) is 0 Å². The molecular weight excluding hydrogens is 663 g/mol. The normalized spacial score (nSPS) is 22.3. The Morgan fingerprint density at radius 2 is 1.23 bits per heavy atom. The van der Waals surface area contributed by atoms with Gasteiger partial charge in [-0.25, -0.2) is 9.78 Å². The molecule has 0 radical (unpaired) electrons. The highest BCUT2D eigenvalue weighted by molar-refractivity contribution is 7.95. The number of carbonyl (C=O) groups excluding carboxylic acids is 1. The highest BCUT2D eigenvalue weighted by Crippen LogP contribution is 2.55. The number of rotatable bonds is 15. The molecule has 2 fully saturated rings. The lowest BCUT2D eigenvalue weighted by atomic mass is 9.71. The van der Waals surface area contributed by atoms with Gasteiger partial charge in [-0.3, -0.25) is 4.79 Å². The third kappa shape index (κ3) is 10.7. The average Bonchev–Trinajstić information content (AvgIpc) is 3.10. The van der Waals surface area contributed by atoms with Crippen molar-refractivity contribution in [2.75, 3.05) is 6.16 Å². The van der Waals surface area contributed by atoms with Gasteiger partial charge < -0.3 is 17.0 Å². The summed E-state index contributed by atoms with van der Waals surface area (Å²) in [4.78, 5) is 23.3. The Labute approximate surface area is 297 Å². The second-order valence-electron chi connectivity index (χ2n) is 13.5. The van der Waals surface area contributed by atoms with E-state index < -0.39 is 12.9 Å². The first-order chi connectivity index (χ1) is 22.4. The summed E-state index contributed by atoms with van der Waals surface area (Å²) in [7, 11) is -1.57. The van der Waals surface area contributed by atoms with Crippen molar-refractivity contribution >= 4 is 29.0 Å². The summed E-state index contributed by atoms with van der Waals surface area (Å²) >= 11 is 0. The van der Waals surface area contributed by atoms with Crippen molar-refractivity contribution < 1.29 is 31.6 Å². The first-order valence-electron chi connectivity index (χ1n) is 18.0. The Morgan fingerprint density at radius 1 is 0.745 bits per heavy atom. The van der Waals surface area contributed by atoms with E-state index in [0.717, 1.165) is 12.8 Å². The third-order valence-electron chi connectivity index (χ3n) is 10.1. The Bertz CT molecular complexity index is 1220. The molecule has 47 heavy (non-hydrogen) atoms. The Kier molecular flexibility index (Phi) is 17.1. The minimum absolute atomic E-state index is 0. The summed E-state index contributed by atoms with van der Waals surface area (Å²) in [5, 5.41) is 4.47. The molecule has 2 aliphatic rings. The highest BCUT2D eigenvalue weighted by atomic mass is 79.9. The topological polar surface area (TPSA) is 35.5 Å². The number of hydrogen-bond donors (Lipinski definition) is 0. The predicted molar refractivity (Wildman–Crippen MR) is 198 cm³/mol. The molecule has 1 aliphatic carbocycles. The highest BCUT2D eigenvalue weighted by Gasteiger charge is 2.48. The van der Waals surface area contributed by atoms with Crippen LogP contribution in [0.2, 0.25) is 0 Å². The third-order valence-corrected chi connectivity index (χ3v) is 14.6. The largest absolute Gasteiger partial charge is 1.00 e. The van der Waals surface area contributed by atoms with E-state index in [1.165, 1.54) is 79.9 Å². The van der Waals surface area contributed by atoms with Crippen molar-refractivity contribution in [1.82, 2.24) is 0 Å². The summed E-state index contributed by atoms with van der Waals surface area (Å²) in [6.07, 6.45) is 20.0. The Hall–Kier alpha value is -2.10. The van der Waals surface area contributed by atoms with Crippen molar-refractivity contribution in [3.8, 4) is 0 Å². The van der Waals surface area contributed by atoms with Gasteiger partial charge in [0.25, 0.3) is 0 Å². The second kappa shape index (κ2) is 20.4. The lowest BCUT2D eigenvalue weighted by Gasteiger charge is -2.45. The summed E-state index contributed by atoms with van der Waals surface area (Å²) < 4.78 is 0. The average molecular weight is 722 g/mol. The number of halogens is 1. The molecule has 4 atom stereocenters. The van der Waals surface area contributed by atoms with Crippen LogP contribution in [0.3, 0.4) is 0 Å². The van der Waals surface area contributed by atoms with Gasteiger partial charge in [-0.2, -0.15) is 0 Å². The van der Waals surface area contributed by atoms with Gasteiger partial charge in [0.2, 0.25) is 0 Å². The fraction of sp³-hybridized carbons (Fsp3) is 0.500. The number of hydrogen-bond acceptors (Lipinski definition) is 3. The molecule has 0 aromatic heterocycles. The molecule has 0 unspecified atom stereocenters. The molecule has 1 saturated carbocycles. The number of Topliss-reactive ketones (excluding diaryl/α,β-unsaturated/α-hetero) is 1. The molecule has 5 rings (SSSR count). The van der Waals surface area contributed by atoms with E-state index in [1.807, 2.05) is 6.92 Å². The van der Waals surface area contributed by atoms with Crippen molar-refractivity contribution in [2.45, 2.75) is 116 Å². The van der Waals surface area contributed by atoms with Crippen LogP contribution >= 0.6 is 7.26 Å². The summed E-state index contributed by atoms with van der Waals surface area (Å²) in [5.41, 5.74) is -0.437. The van der Waals surface area contributed by atoms with Gasteiger partial charge in [0, 0.05) is 18.3 Å². The van der Waals surface area contributed by atoms with Gasteiger partial charge in [-0.05, 0) is 69.0 Å². The van der Waals surface area contributed by atoms with Crippen LogP contribution in [0.25, 0.3) is 0 Å². The summed E-state index contributed by atoms with van der Waals surface area (Å²) in [6.45, 7) is 8.55. The van der Waals surface area contributed by atoms with Gasteiger partial charge in [0.15, 0.2) is 0 Å². The van der Waals surface area contributed by atoms with Crippen molar-refractivity contribution in [3.05, 3.63) is 103 Å². The number of allylic oxidation sites excluding steroid dienone is 1. The quantitative estimate of drug-likeness (QED) is 0.0723. The van der Waals surface area contributed by atoms with Crippen molar-refractivity contribution in [1.29, 1.82) is 0 Å². The molecule has 3 aromatic carbocycles. The second-order valence-corrected chi connectivity index (χ2v) is 17.1. The Morgan fingerprint density at radius 3 is 1.74 bits per heavy atom. The van der Waals surface area contributed by atoms with Gasteiger partial charge in [-0.15, -0.1) is 0 Å². The number of unbranched alkanes of at least 4 members (excludes halogenated alkanes) is 8. The molecule has 5 heteroatoms. The molecule has 0 N–H and O–H groups in total. The van der Waals surface area contributed by atoms with Crippen molar-refractivity contribution in [3.63, 3.8) is 0 Å². The van der Waals surface area contributed by atoms with Gasteiger partial charge in [0.1, 0.15) is 40.7 Å². The lowest BCUT2D eigenvalue weighted by Crippen LogP contribution is -3.00. The molecule has 3 nitrogen and oxygen atoms in total. The maximum Gasteiger partial charge on any atom is 0.138 e. The molecule has 1 saturated heterocycles. The number of ketones is 1. The standard InChI is InChI=1S/C22H24P.C20H34O3.BrH/c1-2-3-19-23(20-13-7-4-8-14-20,21-15-9-5-10-16-21)22-17-11-6-12-18-22;1-4-5-6-7-8-9-10-11-12-13-20(3)17-14-18(21)16(2)19(15-17)22-23-20;/h4-18H,2-3,19H2,1H3;12-13,16-17,19H,4-11,14-15H2,1-3H3;1H/q+1;;/p-1/b;13-12+;/t;16-,17+,19+,20-;/m.1./s1. The van der Waals surface area contributed by atoms with Crippen LogP contribution in [-0.2, 0) is 14.6 Å². The SMILES string of the molecule is CCCCCCCCC/C=C/[C@@]1(C)OO[C@H]2C[C@@H]1CC(=O)[C@H]2C.CCCC[P+](c1ccccc1)(c1ccccc1)c1ccccc1.[Br-]. The molecule has 2 bridgehead atoms. The minimum Gasteiger partial charge on any atom is -1.00 e. The zero-order valence-electron chi connectivity index (χ0n) is 29.3. The van der Waals surface area contributed by atoms with Crippen LogP contribution in [0.4, 0.5) is 0 Å². The molecule has 256 valence electrons. The monoisotopic (exact) mass is 720 g/mol. The van der Waals surface area contributed by atoms with Crippen LogP contribution < -0.4 is 32.9 Å². The van der Waals surface area contributed by atoms with Crippen molar-refractivity contribution in [2.24, 2.45) is 11.8 Å². The van der Waals surface area contributed by atoms with E-state index in [0.29, 0.717) is 12.2 Å². The molecular formula is C42H58BrO3P. The molecule has 0 spiro atoms. The maximum absolute atomic E-state index is 12.1. The van der Waals surface area contributed by atoms with E-state index in [2.05, 4.69) is 124 Å². The zero-order chi connectivity index (χ0) is 32.7. The van der Waals surface area contributed by atoms with E-state index >= 15 is 0 Å². The molecule has 1 aliphatic heterocycles. The van der Waals surface area contributed by atoms with Crippen LogP contribution in [-0.4, -0.2) is 23.7 Å². The first-order valence-corrected chi connectivity index (χ1v) is 20.0. The van der Waals surface area contributed by atoms with E-state index in [-0.39, 0.29) is 34.9 Å². The smallest absolute Gasteiger partial charge is 0.138 e. The molecule has 1 heterocycles. The first kappa shape index (κ1) is 39.3. The van der Waals surface area contributed by atoms with Crippen LogP contribution in [0.1, 0.15) is 105 Å². The van der Waals surface area contributed by atoms with Crippen LogP contribution in [0.5, 0.6) is 0 Å². The number of carbonyl (C=O) groups is 1. The molecule has 0 amide bonds. The fourth-order valence-corrected chi connectivity index (χ4v) is 11.5. The number of benzene rings is 3. The summed E-state index contributed by atoms with van der Waals surface area (Å²) in [6, 6.07) is 33.4. The lowest BCUT2D eigenvalue weighted by molar-refractivity contribution is -0.415. The summed E-state index contributed by atoms with van der Waals surface area (Å²) in [5.74, 6) is 0.559. The maximum atomic E-state index is 12.1. The van der Waals surface area contributed by atoms with Gasteiger partial charge in [-0.1, -0.05) is 132 Å². The predicted octanol–water partition coefficient (Wildman–Crippen LogP) is 7.17. The van der Waals surface area contributed by atoms with Crippen LogP contribution in [0, 0.1) is 11.8 Å². The van der Waals surface area contributed by atoms with Gasteiger partial charge in [0.05, 0.1) is 6.16 Å². The Balaban J connectivity index is 0.000000250. The van der Waals surface area contributed by atoms with E-state index in [4.69, 9.17) is 9.78 Å². The van der Waals surface area contributed by atoms with E-state index in [9.17, 15) is 4.79 Å². The number of fused-ring (bicyclic) bond motifs is 2. The zero-order valence-corrected chi connectivity index (χ0v) is 31.8. The molecule has 3 aromatic rings. The van der Waals surface area contributed by atoms with Crippen LogP contribution in [0.15, 0.2) is 103 Å². The van der Waals surface area contributed by atoms with Gasteiger partial charge >= 0.3 is 0 Å². The fourth-order valence-electron chi connectivity index (χ4n) is 6.97. The minimum atomic E-state index is -1.57.